The second-order valence-electron chi connectivity index (χ2n) is 3.69. The first kappa shape index (κ1) is 10.4. The van der Waals surface area contributed by atoms with Crippen molar-refractivity contribution < 1.29 is 4.79 Å². The maximum atomic E-state index is 11.4. The molecule has 0 atom stereocenters. The van der Waals surface area contributed by atoms with Crippen LogP contribution < -0.4 is 10.2 Å². The van der Waals surface area contributed by atoms with Gasteiger partial charge in [-0.2, -0.15) is 0 Å². The zero-order valence-electron chi connectivity index (χ0n) is 8.77. The average molecular weight is 225 g/mol. The van der Waals surface area contributed by atoms with Crippen LogP contribution in [0.2, 0.25) is 0 Å². The van der Waals surface area contributed by atoms with E-state index >= 15 is 0 Å². The van der Waals surface area contributed by atoms with Crippen molar-refractivity contribution in [2.75, 3.05) is 25.0 Å². The van der Waals surface area contributed by atoms with E-state index < -0.39 is 0 Å². The Morgan fingerprint density at radius 2 is 2.33 bits per heavy atom. The molecule has 15 heavy (non-hydrogen) atoms. The highest BCUT2D eigenvalue weighted by atomic mass is 32.1. The van der Waals surface area contributed by atoms with Crippen molar-refractivity contribution >= 4 is 22.4 Å². The molecule has 5 heteroatoms. The number of rotatable bonds is 2. The van der Waals surface area contributed by atoms with Crippen LogP contribution in [0.25, 0.3) is 0 Å². The Morgan fingerprint density at radius 1 is 1.60 bits per heavy atom. The quantitative estimate of drug-likeness (QED) is 0.820. The van der Waals surface area contributed by atoms with E-state index in [1.165, 1.54) is 0 Å². The number of anilines is 1. The third-order valence-corrected chi connectivity index (χ3v) is 3.63. The van der Waals surface area contributed by atoms with E-state index in [0.29, 0.717) is 0 Å². The highest BCUT2D eigenvalue weighted by Gasteiger charge is 2.24. The molecule has 4 nitrogen and oxygen atoms in total. The zero-order chi connectivity index (χ0) is 10.7. The fraction of sp³-hybridized carbons (Fsp3) is 0.600. The molecule has 0 saturated carbocycles. The summed E-state index contributed by atoms with van der Waals surface area (Å²) >= 11 is 1.66. The van der Waals surface area contributed by atoms with Crippen LogP contribution in [0.4, 0.5) is 5.13 Å². The van der Waals surface area contributed by atoms with Crippen molar-refractivity contribution in [2.45, 2.75) is 12.8 Å². The number of nitrogens with one attached hydrogen (secondary N) is 1. The number of amides is 1. The summed E-state index contributed by atoms with van der Waals surface area (Å²) in [7, 11) is 1.70. The number of thiazole rings is 1. The third-order valence-electron chi connectivity index (χ3n) is 2.80. The number of hydrogen-bond donors (Lipinski definition) is 1. The molecule has 1 saturated heterocycles. The summed E-state index contributed by atoms with van der Waals surface area (Å²) in [6.45, 7) is 1.87. The SMILES string of the molecule is CNC(=O)C1CCN(c2nccs2)CC1. The fourth-order valence-corrected chi connectivity index (χ4v) is 2.61. The summed E-state index contributed by atoms with van der Waals surface area (Å²) < 4.78 is 0. The Hall–Kier alpha value is -1.10. The first-order valence-corrected chi connectivity index (χ1v) is 6.05. The molecular weight excluding hydrogens is 210 g/mol. The van der Waals surface area contributed by atoms with Crippen LogP contribution in [0, 0.1) is 5.92 Å². The number of carbonyl (C=O) groups excluding carboxylic acids is 1. The maximum absolute atomic E-state index is 11.4. The van der Waals surface area contributed by atoms with E-state index in [1.54, 1.807) is 18.4 Å². The lowest BCUT2D eigenvalue weighted by Gasteiger charge is -2.30. The van der Waals surface area contributed by atoms with Gasteiger partial charge in [-0.1, -0.05) is 0 Å². The molecule has 1 aromatic rings. The summed E-state index contributed by atoms with van der Waals surface area (Å²) in [4.78, 5) is 17.9. The smallest absolute Gasteiger partial charge is 0.222 e. The average Bonchev–Trinajstić information content (AvgIpc) is 2.82. The number of piperidine rings is 1. The largest absolute Gasteiger partial charge is 0.359 e. The van der Waals surface area contributed by atoms with Crippen LogP contribution in [0.3, 0.4) is 0 Å². The molecule has 2 rings (SSSR count). The van der Waals surface area contributed by atoms with Crippen LogP contribution in [0.5, 0.6) is 0 Å². The van der Waals surface area contributed by atoms with Gasteiger partial charge in [0, 0.05) is 37.6 Å². The monoisotopic (exact) mass is 225 g/mol. The van der Waals surface area contributed by atoms with Gasteiger partial charge in [-0.3, -0.25) is 4.79 Å². The Kier molecular flexibility index (Phi) is 3.20. The van der Waals surface area contributed by atoms with Crippen LogP contribution in [0.1, 0.15) is 12.8 Å². The van der Waals surface area contributed by atoms with Gasteiger partial charge in [-0.05, 0) is 12.8 Å². The topological polar surface area (TPSA) is 45.2 Å². The van der Waals surface area contributed by atoms with Gasteiger partial charge in [0.05, 0.1) is 0 Å². The number of hydrogen-bond acceptors (Lipinski definition) is 4. The molecular formula is C10H15N3OS. The second kappa shape index (κ2) is 4.61. The van der Waals surface area contributed by atoms with Crippen LogP contribution >= 0.6 is 11.3 Å². The van der Waals surface area contributed by atoms with Gasteiger partial charge in [0.15, 0.2) is 5.13 Å². The molecule has 1 aliphatic rings. The van der Waals surface area contributed by atoms with Gasteiger partial charge in [0.2, 0.25) is 5.91 Å². The van der Waals surface area contributed by atoms with Gasteiger partial charge in [0.1, 0.15) is 0 Å². The zero-order valence-corrected chi connectivity index (χ0v) is 9.59. The van der Waals surface area contributed by atoms with Crippen molar-refractivity contribution in [3.05, 3.63) is 11.6 Å². The molecule has 0 aromatic carbocycles. The number of carbonyl (C=O) groups is 1. The van der Waals surface area contributed by atoms with Gasteiger partial charge in [-0.15, -0.1) is 11.3 Å². The molecule has 2 heterocycles. The second-order valence-corrected chi connectivity index (χ2v) is 4.56. The summed E-state index contributed by atoms with van der Waals surface area (Å²) in [5, 5.41) is 5.77. The molecule has 0 radical (unpaired) electrons. The molecule has 0 aliphatic carbocycles. The number of aromatic nitrogens is 1. The van der Waals surface area contributed by atoms with Crippen molar-refractivity contribution in [1.29, 1.82) is 0 Å². The lowest BCUT2D eigenvalue weighted by molar-refractivity contribution is -0.125. The van der Waals surface area contributed by atoms with Gasteiger partial charge < -0.3 is 10.2 Å². The van der Waals surface area contributed by atoms with E-state index in [1.807, 2.05) is 11.6 Å². The van der Waals surface area contributed by atoms with Crippen LogP contribution in [0.15, 0.2) is 11.6 Å². The minimum atomic E-state index is 0.175. The third kappa shape index (κ3) is 2.28. The number of nitrogens with zero attached hydrogens (tertiary/aromatic N) is 2. The van der Waals surface area contributed by atoms with E-state index in [0.717, 1.165) is 31.1 Å². The van der Waals surface area contributed by atoms with E-state index in [-0.39, 0.29) is 11.8 Å². The highest BCUT2D eigenvalue weighted by molar-refractivity contribution is 7.13. The van der Waals surface area contributed by atoms with E-state index in [2.05, 4.69) is 15.2 Å². The molecule has 1 fully saturated rings. The predicted molar refractivity (Wildman–Crippen MR) is 61.1 cm³/mol. The summed E-state index contributed by atoms with van der Waals surface area (Å²) in [5.74, 6) is 0.361. The van der Waals surface area contributed by atoms with E-state index in [9.17, 15) is 4.79 Å². The molecule has 0 spiro atoms. The normalized spacial score (nSPS) is 17.8. The van der Waals surface area contributed by atoms with Gasteiger partial charge >= 0.3 is 0 Å². The predicted octanol–water partition coefficient (Wildman–Crippen LogP) is 1.11. The van der Waals surface area contributed by atoms with Crippen molar-refractivity contribution in [2.24, 2.45) is 5.92 Å². The molecule has 1 N–H and O–H groups in total. The Bertz CT molecular complexity index is 317. The Labute approximate surface area is 93.3 Å². The summed E-state index contributed by atoms with van der Waals surface area (Å²) in [6.07, 6.45) is 3.68. The molecule has 1 aromatic heterocycles. The lowest BCUT2D eigenvalue weighted by Crippen LogP contribution is -2.39. The molecule has 1 amide bonds. The first-order chi connectivity index (χ1) is 7.31. The minimum absolute atomic E-state index is 0.175. The molecule has 0 bridgehead atoms. The summed E-state index contributed by atoms with van der Waals surface area (Å²) in [5.41, 5.74) is 0. The van der Waals surface area contributed by atoms with Crippen molar-refractivity contribution in [3.8, 4) is 0 Å². The van der Waals surface area contributed by atoms with E-state index in [4.69, 9.17) is 0 Å². The highest BCUT2D eigenvalue weighted by Crippen LogP contribution is 2.24. The molecule has 1 aliphatic heterocycles. The van der Waals surface area contributed by atoms with Crippen molar-refractivity contribution in [3.63, 3.8) is 0 Å². The standard InChI is InChI=1S/C10H15N3OS/c1-11-9(14)8-2-5-13(6-3-8)10-12-4-7-15-10/h4,7-8H,2-3,5-6H2,1H3,(H,11,14). The Morgan fingerprint density at radius 3 is 2.87 bits per heavy atom. The first-order valence-electron chi connectivity index (χ1n) is 5.17. The van der Waals surface area contributed by atoms with Gasteiger partial charge in [0.25, 0.3) is 0 Å². The van der Waals surface area contributed by atoms with Crippen LogP contribution in [-0.2, 0) is 4.79 Å². The van der Waals surface area contributed by atoms with Crippen molar-refractivity contribution in [1.82, 2.24) is 10.3 Å². The molecule has 82 valence electrons. The Balaban J connectivity index is 1.90. The maximum Gasteiger partial charge on any atom is 0.222 e. The molecule has 0 unspecified atom stereocenters. The lowest BCUT2D eigenvalue weighted by atomic mass is 9.96. The van der Waals surface area contributed by atoms with Crippen LogP contribution in [-0.4, -0.2) is 31.0 Å². The van der Waals surface area contributed by atoms with Gasteiger partial charge in [-0.25, -0.2) is 4.98 Å². The minimum Gasteiger partial charge on any atom is -0.359 e. The fourth-order valence-electron chi connectivity index (χ4n) is 1.91. The summed E-state index contributed by atoms with van der Waals surface area (Å²) in [6, 6.07) is 0.